The second kappa shape index (κ2) is 6.05. The first-order chi connectivity index (χ1) is 8.69. The van der Waals surface area contributed by atoms with Crippen LogP contribution in [0.25, 0.3) is 0 Å². The molecule has 1 heterocycles. The van der Waals surface area contributed by atoms with Gasteiger partial charge >= 0.3 is 0 Å². The standard InChI is InChI=1S/C14H17BrN2O/c1-11-3-4-14(13(7-11)8-15)18-6-5-12-9-16-17(2)10-12/h3-4,7,9-10H,5-6,8H2,1-2H3. The number of nitrogens with zero attached hydrogens (tertiary/aromatic N) is 2. The zero-order valence-electron chi connectivity index (χ0n) is 10.7. The molecule has 0 saturated carbocycles. The normalized spacial score (nSPS) is 10.6. The van der Waals surface area contributed by atoms with Gasteiger partial charge in [-0.05, 0) is 18.6 Å². The van der Waals surface area contributed by atoms with Crippen LogP contribution in [0, 0.1) is 6.92 Å². The lowest BCUT2D eigenvalue weighted by Crippen LogP contribution is -2.02. The highest BCUT2D eigenvalue weighted by Crippen LogP contribution is 2.22. The van der Waals surface area contributed by atoms with E-state index in [2.05, 4.69) is 40.1 Å². The molecule has 1 aromatic carbocycles. The summed E-state index contributed by atoms with van der Waals surface area (Å²) < 4.78 is 7.64. The minimum absolute atomic E-state index is 0.675. The molecule has 0 aliphatic carbocycles. The third-order valence-electron chi connectivity index (χ3n) is 2.77. The molecule has 0 aliphatic rings. The number of rotatable bonds is 5. The van der Waals surface area contributed by atoms with Crippen LogP contribution in [0.1, 0.15) is 16.7 Å². The molecule has 0 aliphatic heterocycles. The molecule has 1 aromatic heterocycles. The lowest BCUT2D eigenvalue weighted by Gasteiger charge is -2.10. The Bertz CT molecular complexity index is 522. The summed E-state index contributed by atoms with van der Waals surface area (Å²) in [7, 11) is 1.92. The van der Waals surface area contributed by atoms with Crippen LogP contribution >= 0.6 is 15.9 Å². The lowest BCUT2D eigenvalue weighted by atomic mass is 10.1. The Labute approximate surface area is 116 Å². The Hall–Kier alpha value is -1.29. The van der Waals surface area contributed by atoms with Gasteiger partial charge < -0.3 is 4.74 Å². The molecule has 0 atom stereocenters. The van der Waals surface area contributed by atoms with Crippen LogP contribution in [-0.2, 0) is 18.8 Å². The molecule has 0 bridgehead atoms. The Balaban J connectivity index is 1.94. The van der Waals surface area contributed by atoms with E-state index in [1.807, 2.05) is 30.2 Å². The van der Waals surface area contributed by atoms with E-state index in [9.17, 15) is 0 Å². The molecule has 3 nitrogen and oxygen atoms in total. The minimum atomic E-state index is 0.675. The Morgan fingerprint density at radius 2 is 2.22 bits per heavy atom. The number of halogens is 1. The van der Waals surface area contributed by atoms with Crippen LogP contribution in [0.15, 0.2) is 30.6 Å². The highest BCUT2D eigenvalue weighted by Gasteiger charge is 2.03. The summed E-state index contributed by atoms with van der Waals surface area (Å²) in [5.74, 6) is 0.960. The third kappa shape index (κ3) is 3.35. The lowest BCUT2D eigenvalue weighted by molar-refractivity contribution is 0.319. The van der Waals surface area contributed by atoms with Crippen molar-refractivity contribution in [3.05, 3.63) is 47.3 Å². The fraction of sp³-hybridized carbons (Fsp3) is 0.357. The summed E-state index contributed by atoms with van der Waals surface area (Å²) >= 11 is 3.49. The first-order valence-corrected chi connectivity index (χ1v) is 7.07. The maximum absolute atomic E-state index is 5.83. The van der Waals surface area contributed by atoms with Gasteiger partial charge in [0.2, 0.25) is 0 Å². The van der Waals surface area contributed by atoms with Gasteiger partial charge in [0, 0.05) is 30.6 Å². The third-order valence-corrected chi connectivity index (χ3v) is 3.37. The summed E-state index contributed by atoms with van der Waals surface area (Å²) in [6.07, 6.45) is 4.78. The van der Waals surface area contributed by atoms with Gasteiger partial charge in [0.25, 0.3) is 0 Å². The molecule has 0 saturated heterocycles. The molecule has 0 unspecified atom stereocenters. The average Bonchev–Trinajstić information content (AvgIpc) is 2.77. The maximum Gasteiger partial charge on any atom is 0.123 e. The average molecular weight is 309 g/mol. The number of aryl methyl sites for hydroxylation is 2. The van der Waals surface area contributed by atoms with E-state index in [4.69, 9.17) is 4.74 Å². The van der Waals surface area contributed by atoms with Gasteiger partial charge in [-0.25, -0.2) is 0 Å². The summed E-state index contributed by atoms with van der Waals surface area (Å²) in [5.41, 5.74) is 3.65. The minimum Gasteiger partial charge on any atom is -0.493 e. The number of aromatic nitrogens is 2. The molecule has 0 fully saturated rings. The monoisotopic (exact) mass is 308 g/mol. The van der Waals surface area contributed by atoms with Crippen LogP contribution < -0.4 is 4.74 Å². The molecule has 0 spiro atoms. The van der Waals surface area contributed by atoms with Crippen LogP contribution in [-0.4, -0.2) is 16.4 Å². The molecule has 0 N–H and O–H groups in total. The number of alkyl halides is 1. The summed E-state index contributed by atoms with van der Waals surface area (Å²) in [4.78, 5) is 0. The van der Waals surface area contributed by atoms with Gasteiger partial charge in [0.1, 0.15) is 5.75 Å². The van der Waals surface area contributed by atoms with Gasteiger partial charge in [0.15, 0.2) is 0 Å². The largest absolute Gasteiger partial charge is 0.493 e. The van der Waals surface area contributed by atoms with Crippen molar-refractivity contribution in [3.8, 4) is 5.75 Å². The SMILES string of the molecule is Cc1ccc(OCCc2cnn(C)c2)c(CBr)c1. The van der Waals surface area contributed by atoms with Crippen LogP contribution in [0.3, 0.4) is 0 Å². The van der Waals surface area contributed by atoms with Crippen molar-refractivity contribution >= 4 is 15.9 Å². The Kier molecular flexibility index (Phi) is 4.42. The topological polar surface area (TPSA) is 27.1 Å². The van der Waals surface area contributed by atoms with Gasteiger partial charge in [-0.3, -0.25) is 4.68 Å². The van der Waals surface area contributed by atoms with E-state index in [-0.39, 0.29) is 0 Å². The van der Waals surface area contributed by atoms with Crippen LogP contribution in [0.2, 0.25) is 0 Å². The van der Waals surface area contributed by atoms with Crippen LogP contribution in [0.4, 0.5) is 0 Å². The van der Waals surface area contributed by atoms with E-state index < -0.39 is 0 Å². The van der Waals surface area contributed by atoms with Crippen molar-refractivity contribution in [2.24, 2.45) is 7.05 Å². The molecular weight excluding hydrogens is 292 g/mol. The van der Waals surface area contributed by atoms with Crippen molar-refractivity contribution in [3.63, 3.8) is 0 Å². The van der Waals surface area contributed by atoms with E-state index in [0.717, 1.165) is 17.5 Å². The molecule has 18 heavy (non-hydrogen) atoms. The first kappa shape index (κ1) is 13.1. The molecular formula is C14H17BrN2O. The molecule has 0 radical (unpaired) electrons. The summed E-state index contributed by atoms with van der Waals surface area (Å²) in [5, 5.41) is 4.96. The first-order valence-electron chi connectivity index (χ1n) is 5.95. The van der Waals surface area contributed by atoms with E-state index >= 15 is 0 Å². The predicted octanol–water partition coefficient (Wildman–Crippen LogP) is 3.24. The van der Waals surface area contributed by atoms with Crippen LogP contribution in [0.5, 0.6) is 5.75 Å². The molecule has 4 heteroatoms. The summed E-state index contributed by atoms with van der Waals surface area (Å²) in [6.45, 7) is 2.76. The molecule has 96 valence electrons. The predicted molar refractivity (Wildman–Crippen MR) is 76.2 cm³/mol. The van der Waals surface area contributed by atoms with Crippen molar-refractivity contribution in [2.45, 2.75) is 18.7 Å². The molecule has 2 rings (SSSR count). The van der Waals surface area contributed by atoms with Gasteiger partial charge in [-0.1, -0.05) is 33.6 Å². The second-order valence-corrected chi connectivity index (χ2v) is 4.93. The number of ether oxygens (including phenoxy) is 1. The smallest absolute Gasteiger partial charge is 0.123 e. The highest BCUT2D eigenvalue weighted by molar-refractivity contribution is 9.08. The van der Waals surface area contributed by atoms with E-state index in [0.29, 0.717) is 6.61 Å². The van der Waals surface area contributed by atoms with Crippen molar-refractivity contribution in [2.75, 3.05) is 6.61 Å². The van der Waals surface area contributed by atoms with E-state index in [1.165, 1.54) is 16.7 Å². The zero-order valence-corrected chi connectivity index (χ0v) is 12.3. The number of benzene rings is 1. The second-order valence-electron chi connectivity index (χ2n) is 4.37. The molecule has 2 aromatic rings. The van der Waals surface area contributed by atoms with Gasteiger partial charge in [0.05, 0.1) is 12.8 Å². The maximum atomic E-state index is 5.83. The quantitative estimate of drug-likeness (QED) is 0.793. The van der Waals surface area contributed by atoms with Crippen molar-refractivity contribution in [1.82, 2.24) is 9.78 Å². The Morgan fingerprint density at radius 1 is 1.39 bits per heavy atom. The Morgan fingerprint density at radius 3 is 2.89 bits per heavy atom. The van der Waals surface area contributed by atoms with Crippen molar-refractivity contribution in [1.29, 1.82) is 0 Å². The van der Waals surface area contributed by atoms with E-state index in [1.54, 1.807) is 0 Å². The highest BCUT2D eigenvalue weighted by atomic mass is 79.9. The van der Waals surface area contributed by atoms with Crippen molar-refractivity contribution < 1.29 is 4.74 Å². The molecule has 0 amide bonds. The van der Waals surface area contributed by atoms with Gasteiger partial charge in [-0.2, -0.15) is 5.10 Å². The fourth-order valence-electron chi connectivity index (χ4n) is 1.83. The zero-order chi connectivity index (χ0) is 13.0. The fourth-order valence-corrected chi connectivity index (χ4v) is 2.27. The summed E-state index contributed by atoms with van der Waals surface area (Å²) in [6, 6.07) is 6.26. The number of hydrogen-bond acceptors (Lipinski definition) is 2. The van der Waals surface area contributed by atoms with Gasteiger partial charge in [-0.15, -0.1) is 0 Å². The number of hydrogen-bond donors (Lipinski definition) is 0.